The number of anilines is 3. The van der Waals surface area contributed by atoms with Gasteiger partial charge in [-0.3, -0.25) is 14.4 Å². The summed E-state index contributed by atoms with van der Waals surface area (Å²) < 4.78 is 5.19. The van der Waals surface area contributed by atoms with Gasteiger partial charge in [-0.05, 0) is 47.5 Å². The van der Waals surface area contributed by atoms with Crippen molar-refractivity contribution in [1.82, 2.24) is 0 Å². The van der Waals surface area contributed by atoms with E-state index in [-0.39, 0.29) is 36.2 Å². The van der Waals surface area contributed by atoms with Crippen molar-refractivity contribution < 1.29 is 23.9 Å². The monoisotopic (exact) mass is 519 g/mol. The molecule has 1 heterocycles. The van der Waals surface area contributed by atoms with E-state index in [9.17, 15) is 19.2 Å². The Morgan fingerprint density at radius 3 is 2.05 bits per heavy atom. The number of ketones is 1. The van der Waals surface area contributed by atoms with Gasteiger partial charge in [0, 0.05) is 11.3 Å². The minimum absolute atomic E-state index is 0.0710. The lowest BCUT2D eigenvalue weighted by Crippen LogP contribution is -2.41. The molecule has 0 saturated heterocycles. The minimum Gasteiger partial charge on any atom is -0.454 e. The lowest BCUT2D eigenvalue weighted by atomic mass is 10.0. The average molecular weight is 520 g/mol. The highest BCUT2D eigenvalue weighted by molar-refractivity contribution is 6.06. The number of para-hydroxylation sites is 2. The Bertz CT molecular complexity index is 1520. The normalized spacial score (nSPS) is 13.8. The highest BCUT2D eigenvalue weighted by atomic mass is 16.5. The second kappa shape index (κ2) is 11.4. The molecule has 0 aromatic heterocycles. The molecule has 0 spiro atoms. The molecule has 5 rings (SSSR count). The SMILES string of the molecule is O=C(CC1Nc2ccccc2NC1=O)Nc1ccc(C(=O)OCC(=O)c2ccc(-c3ccccc3)cc2)cc1. The number of rotatable bonds is 8. The second-order valence-corrected chi connectivity index (χ2v) is 9.00. The summed E-state index contributed by atoms with van der Waals surface area (Å²) in [6.45, 7) is -0.387. The number of nitrogens with one attached hydrogen (secondary N) is 3. The molecule has 39 heavy (non-hydrogen) atoms. The molecule has 8 heteroatoms. The standard InChI is InChI=1S/C31H25N3O5/c35-28(22-12-10-21(11-13-22)20-6-2-1-3-7-20)19-39-31(38)23-14-16-24(17-15-23)32-29(36)18-27-30(37)34-26-9-5-4-8-25(26)33-27/h1-17,27,33H,18-19H2,(H,32,36)(H,34,37). The molecule has 8 nitrogen and oxygen atoms in total. The average Bonchev–Trinajstić information content (AvgIpc) is 2.97. The highest BCUT2D eigenvalue weighted by Crippen LogP contribution is 2.27. The molecule has 0 fully saturated rings. The number of Topliss-reactive ketones (excluding diaryl/α,β-unsaturated/α-hetero) is 1. The lowest BCUT2D eigenvalue weighted by molar-refractivity contribution is -0.122. The zero-order valence-corrected chi connectivity index (χ0v) is 20.8. The van der Waals surface area contributed by atoms with Crippen molar-refractivity contribution in [3.8, 4) is 11.1 Å². The van der Waals surface area contributed by atoms with Crippen molar-refractivity contribution in [2.75, 3.05) is 22.6 Å². The number of ether oxygens (including phenoxy) is 1. The number of amides is 2. The van der Waals surface area contributed by atoms with Gasteiger partial charge in [0.2, 0.25) is 11.8 Å². The number of hydrogen-bond donors (Lipinski definition) is 3. The maximum Gasteiger partial charge on any atom is 0.338 e. The van der Waals surface area contributed by atoms with E-state index in [0.717, 1.165) is 16.8 Å². The van der Waals surface area contributed by atoms with Crippen molar-refractivity contribution in [2.45, 2.75) is 12.5 Å². The molecule has 0 radical (unpaired) electrons. The highest BCUT2D eigenvalue weighted by Gasteiger charge is 2.27. The molecule has 3 N–H and O–H groups in total. The lowest BCUT2D eigenvalue weighted by Gasteiger charge is -2.26. The zero-order valence-electron chi connectivity index (χ0n) is 20.8. The van der Waals surface area contributed by atoms with Crippen LogP contribution in [0.4, 0.5) is 17.1 Å². The van der Waals surface area contributed by atoms with Crippen LogP contribution in [-0.2, 0) is 14.3 Å². The van der Waals surface area contributed by atoms with Gasteiger partial charge in [0.25, 0.3) is 0 Å². The van der Waals surface area contributed by atoms with Crippen molar-refractivity contribution in [3.05, 3.63) is 114 Å². The van der Waals surface area contributed by atoms with Crippen LogP contribution in [0.2, 0.25) is 0 Å². The Kier molecular flexibility index (Phi) is 7.45. The summed E-state index contributed by atoms with van der Waals surface area (Å²) in [4.78, 5) is 49.8. The van der Waals surface area contributed by atoms with Crippen LogP contribution < -0.4 is 16.0 Å². The molecule has 0 saturated carbocycles. The van der Waals surface area contributed by atoms with Crippen LogP contribution in [0.3, 0.4) is 0 Å². The third-order valence-corrected chi connectivity index (χ3v) is 6.27. The van der Waals surface area contributed by atoms with E-state index in [0.29, 0.717) is 16.9 Å². The molecular weight excluding hydrogens is 494 g/mol. The summed E-state index contributed by atoms with van der Waals surface area (Å²) in [6, 6.07) is 29.6. The van der Waals surface area contributed by atoms with Gasteiger partial charge in [0.15, 0.2) is 12.4 Å². The Hall–Kier alpha value is -5.24. The first-order valence-corrected chi connectivity index (χ1v) is 12.4. The van der Waals surface area contributed by atoms with E-state index in [4.69, 9.17) is 4.74 Å². The molecule has 0 aliphatic carbocycles. The van der Waals surface area contributed by atoms with E-state index < -0.39 is 12.0 Å². The molecule has 2 amide bonds. The number of esters is 1. The fourth-order valence-electron chi connectivity index (χ4n) is 4.20. The predicted molar refractivity (Wildman–Crippen MR) is 149 cm³/mol. The van der Waals surface area contributed by atoms with Gasteiger partial charge >= 0.3 is 5.97 Å². The fourth-order valence-corrected chi connectivity index (χ4v) is 4.20. The number of hydrogen-bond acceptors (Lipinski definition) is 6. The maximum atomic E-state index is 12.5. The summed E-state index contributed by atoms with van der Waals surface area (Å²) in [5.74, 6) is -1.61. The molecule has 0 bridgehead atoms. The van der Waals surface area contributed by atoms with E-state index in [1.54, 1.807) is 30.3 Å². The molecule has 1 atom stereocenters. The summed E-state index contributed by atoms with van der Waals surface area (Å²) in [5.41, 5.74) is 4.60. The van der Waals surface area contributed by atoms with Crippen LogP contribution in [0.15, 0.2) is 103 Å². The summed E-state index contributed by atoms with van der Waals surface area (Å²) in [7, 11) is 0. The van der Waals surface area contributed by atoms with Gasteiger partial charge in [-0.1, -0.05) is 66.7 Å². The summed E-state index contributed by atoms with van der Waals surface area (Å²) in [6.07, 6.45) is -0.0710. The van der Waals surface area contributed by atoms with Crippen molar-refractivity contribution >= 4 is 40.6 Å². The molecule has 1 unspecified atom stereocenters. The summed E-state index contributed by atoms with van der Waals surface area (Å²) in [5, 5.41) is 8.58. The third-order valence-electron chi connectivity index (χ3n) is 6.27. The van der Waals surface area contributed by atoms with Crippen LogP contribution in [0.25, 0.3) is 11.1 Å². The Balaban J connectivity index is 1.10. The van der Waals surface area contributed by atoms with Crippen LogP contribution in [0.5, 0.6) is 0 Å². The van der Waals surface area contributed by atoms with Gasteiger partial charge < -0.3 is 20.7 Å². The number of fused-ring (bicyclic) bond motifs is 1. The van der Waals surface area contributed by atoms with Crippen LogP contribution in [0, 0.1) is 0 Å². The van der Waals surface area contributed by atoms with Crippen molar-refractivity contribution in [2.24, 2.45) is 0 Å². The van der Waals surface area contributed by atoms with E-state index >= 15 is 0 Å². The van der Waals surface area contributed by atoms with E-state index in [1.165, 1.54) is 12.1 Å². The maximum absolute atomic E-state index is 12.5. The predicted octanol–water partition coefficient (Wildman–Crippen LogP) is 5.15. The van der Waals surface area contributed by atoms with Crippen LogP contribution in [0.1, 0.15) is 27.1 Å². The first-order valence-electron chi connectivity index (χ1n) is 12.4. The molecule has 1 aliphatic rings. The topological polar surface area (TPSA) is 114 Å². The number of carbonyl (C=O) groups is 4. The van der Waals surface area contributed by atoms with Gasteiger partial charge in [0.05, 0.1) is 23.4 Å². The molecule has 4 aromatic rings. The van der Waals surface area contributed by atoms with E-state index in [2.05, 4.69) is 16.0 Å². The quantitative estimate of drug-likeness (QED) is 0.219. The largest absolute Gasteiger partial charge is 0.454 e. The van der Waals surface area contributed by atoms with E-state index in [1.807, 2.05) is 60.7 Å². The smallest absolute Gasteiger partial charge is 0.338 e. The molecule has 1 aliphatic heterocycles. The van der Waals surface area contributed by atoms with Gasteiger partial charge in [-0.2, -0.15) is 0 Å². The van der Waals surface area contributed by atoms with Crippen LogP contribution in [-0.4, -0.2) is 36.2 Å². The Morgan fingerprint density at radius 1 is 0.718 bits per heavy atom. The van der Waals surface area contributed by atoms with Crippen molar-refractivity contribution in [1.29, 1.82) is 0 Å². The van der Waals surface area contributed by atoms with Crippen LogP contribution >= 0.6 is 0 Å². The molecule has 4 aromatic carbocycles. The zero-order chi connectivity index (χ0) is 27.2. The number of benzene rings is 4. The third kappa shape index (κ3) is 6.19. The minimum atomic E-state index is -0.707. The first-order chi connectivity index (χ1) is 19.0. The second-order valence-electron chi connectivity index (χ2n) is 9.00. The van der Waals surface area contributed by atoms with Gasteiger partial charge in [-0.25, -0.2) is 4.79 Å². The first kappa shape index (κ1) is 25.4. The molecule has 194 valence electrons. The Morgan fingerprint density at radius 2 is 1.33 bits per heavy atom. The summed E-state index contributed by atoms with van der Waals surface area (Å²) >= 11 is 0. The Labute approximate surface area is 225 Å². The van der Waals surface area contributed by atoms with Gasteiger partial charge in [-0.15, -0.1) is 0 Å². The fraction of sp³-hybridized carbons (Fsp3) is 0.0968. The van der Waals surface area contributed by atoms with Gasteiger partial charge in [0.1, 0.15) is 6.04 Å². The van der Waals surface area contributed by atoms with Crippen molar-refractivity contribution in [3.63, 3.8) is 0 Å². The molecular formula is C31H25N3O5. The number of carbonyl (C=O) groups excluding carboxylic acids is 4.